The highest BCUT2D eigenvalue weighted by molar-refractivity contribution is 6.35. The largest absolute Gasteiger partial charge is 0.388 e. The molecule has 0 fully saturated rings. The Balaban J connectivity index is 0.000000744. The molecule has 0 atom stereocenters. The summed E-state index contributed by atoms with van der Waals surface area (Å²) in [5, 5.41) is 11.7. The van der Waals surface area contributed by atoms with Gasteiger partial charge in [-0.05, 0) is 62.9 Å². The van der Waals surface area contributed by atoms with Gasteiger partial charge in [0.05, 0.1) is 22.1 Å². The lowest BCUT2D eigenvalue weighted by Crippen LogP contribution is -2.01. The van der Waals surface area contributed by atoms with Gasteiger partial charge in [-0.3, -0.25) is 4.79 Å². The smallest absolute Gasteiger partial charge is 0.206 e. The zero-order valence-electron chi connectivity index (χ0n) is 21.2. The third kappa shape index (κ3) is 11.0. The zero-order valence-corrected chi connectivity index (χ0v) is 23.5. The second kappa shape index (κ2) is 18.6. The highest BCUT2D eigenvalue weighted by atomic mass is 35.5. The van der Waals surface area contributed by atoms with Crippen LogP contribution in [-0.4, -0.2) is 29.8 Å². The molecule has 35 heavy (non-hydrogen) atoms. The van der Waals surface area contributed by atoms with Crippen LogP contribution in [0.3, 0.4) is 0 Å². The minimum absolute atomic E-state index is 0.560. The average molecular weight is 538 g/mol. The number of carbonyl (C=O) groups excluding carboxylic acids is 1. The first-order valence-corrected chi connectivity index (χ1v) is 12.3. The van der Waals surface area contributed by atoms with Gasteiger partial charge >= 0.3 is 0 Å². The van der Waals surface area contributed by atoms with Crippen LogP contribution in [0.4, 0.5) is 0 Å². The van der Waals surface area contributed by atoms with E-state index in [-0.39, 0.29) is 0 Å². The highest BCUT2D eigenvalue weighted by Gasteiger charge is 2.17. The minimum Gasteiger partial charge on any atom is -0.388 e. The predicted octanol–water partition coefficient (Wildman–Crippen LogP) is 7.80. The van der Waals surface area contributed by atoms with Gasteiger partial charge in [-0.25, -0.2) is 4.68 Å². The molecular formula is C27H35Cl3N4O. The van der Waals surface area contributed by atoms with Gasteiger partial charge in [0.2, 0.25) is 6.41 Å². The lowest BCUT2D eigenvalue weighted by molar-refractivity contribution is -0.109. The number of carbonyl (C=O) groups is 1. The van der Waals surface area contributed by atoms with E-state index in [1.807, 2.05) is 88.0 Å². The number of aromatic nitrogens is 2. The molecule has 0 spiro atoms. The van der Waals surface area contributed by atoms with Crippen LogP contribution >= 0.6 is 34.8 Å². The quantitative estimate of drug-likeness (QED) is 0.192. The molecule has 2 aromatic carbocycles. The van der Waals surface area contributed by atoms with Crippen molar-refractivity contribution < 1.29 is 4.79 Å². The first kappa shape index (κ1) is 32.3. The van der Waals surface area contributed by atoms with Crippen molar-refractivity contribution in [2.75, 3.05) is 13.6 Å². The molecule has 1 heterocycles. The van der Waals surface area contributed by atoms with Crippen molar-refractivity contribution in [2.45, 2.75) is 34.6 Å². The normalized spacial score (nSPS) is 9.51. The summed E-state index contributed by atoms with van der Waals surface area (Å²) in [6, 6.07) is 13.1. The van der Waals surface area contributed by atoms with Crippen LogP contribution in [0.2, 0.25) is 15.1 Å². The molecule has 0 aliphatic rings. The summed E-state index contributed by atoms with van der Waals surface area (Å²) in [6.07, 6.45) is 6.28. The Morgan fingerprint density at radius 2 is 1.60 bits per heavy atom. The summed E-state index contributed by atoms with van der Waals surface area (Å²) in [4.78, 5) is 9.06. The second-order valence-corrected chi connectivity index (χ2v) is 7.96. The maximum absolute atomic E-state index is 9.06. The summed E-state index contributed by atoms with van der Waals surface area (Å²) < 4.78 is 1.85. The molecule has 3 rings (SSSR count). The number of hydrogen-bond acceptors (Lipinski definition) is 3. The van der Waals surface area contributed by atoms with E-state index in [0.29, 0.717) is 21.5 Å². The van der Waals surface area contributed by atoms with Crippen LogP contribution in [0.1, 0.15) is 32.0 Å². The number of nitrogens with zero attached hydrogens (tertiary/aromatic N) is 2. The molecular weight excluding hydrogens is 503 g/mol. The fourth-order valence-electron chi connectivity index (χ4n) is 2.65. The number of benzene rings is 2. The van der Waals surface area contributed by atoms with Gasteiger partial charge < -0.3 is 10.6 Å². The van der Waals surface area contributed by atoms with Crippen LogP contribution in [0.25, 0.3) is 16.9 Å². The van der Waals surface area contributed by atoms with E-state index in [2.05, 4.69) is 22.3 Å². The van der Waals surface area contributed by atoms with E-state index in [0.717, 1.165) is 34.7 Å². The van der Waals surface area contributed by atoms with Crippen LogP contribution in [0, 0.1) is 13.8 Å². The highest BCUT2D eigenvalue weighted by Crippen LogP contribution is 2.32. The summed E-state index contributed by atoms with van der Waals surface area (Å²) in [6.45, 7) is 14.4. The topological polar surface area (TPSA) is 58.9 Å². The summed E-state index contributed by atoms with van der Waals surface area (Å²) in [7, 11) is 1.56. The predicted molar refractivity (Wildman–Crippen MR) is 153 cm³/mol. The summed E-state index contributed by atoms with van der Waals surface area (Å²) in [5.41, 5.74) is 4.89. The lowest BCUT2D eigenvalue weighted by Gasteiger charge is -2.11. The van der Waals surface area contributed by atoms with Gasteiger partial charge in [-0.1, -0.05) is 72.9 Å². The molecule has 190 valence electrons. The van der Waals surface area contributed by atoms with Crippen molar-refractivity contribution in [3.05, 3.63) is 93.7 Å². The lowest BCUT2D eigenvalue weighted by atomic mass is 10.1. The van der Waals surface area contributed by atoms with Crippen molar-refractivity contribution in [2.24, 2.45) is 0 Å². The number of aryl methyl sites for hydroxylation is 1. The first-order valence-electron chi connectivity index (χ1n) is 11.1. The summed E-state index contributed by atoms with van der Waals surface area (Å²) in [5.74, 6) is 0. The maximum atomic E-state index is 9.06. The van der Waals surface area contributed by atoms with Crippen molar-refractivity contribution >= 4 is 41.2 Å². The Labute approximate surface area is 224 Å². The Morgan fingerprint density at radius 3 is 2.09 bits per heavy atom. The van der Waals surface area contributed by atoms with Gasteiger partial charge in [0.25, 0.3) is 0 Å². The fraction of sp³-hybridized carbons (Fsp3) is 0.259. The number of hydrogen-bond donors (Lipinski definition) is 2. The van der Waals surface area contributed by atoms with Crippen LogP contribution in [0.15, 0.2) is 67.4 Å². The van der Waals surface area contributed by atoms with E-state index >= 15 is 0 Å². The van der Waals surface area contributed by atoms with Gasteiger partial charge in [-0.15, -0.1) is 6.58 Å². The van der Waals surface area contributed by atoms with E-state index in [1.54, 1.807) is 19.2 Å². The molecule has 0 radical (unpaired) electrons. The van der Waals surface area contributed by atoms with Crippen LogP contribution in [0.5, 0.6) is 0 Å². The third-order valence-electron chi connectivity index (χ3n) is 4.28. The Kier molecular flexibility index (Phi) is 17.1. The second-order valence-electron chi connectivity index (χ2n) is 6.68. The Hall–Kier alpha value is -2.73. The van der Waals surface area contributed by atoms with Gasteiger partial charge in [0, 0.05) is 29.2 Å². The molecule has 0 bridgehead atoms. The number of amides is 1. The zero-order chi connectivity index (χ0) is 26.8. The maximum Gasteiger partial charge on any atom is 0.206 e. The van der Waals surface area contributed by atoms with Crippen molar-refractivity contribution in [1.29, 1.82) is 0 Å². The Bertz CT molecular complexity index is 1060. The molecule has 3 aromatic rings. The monoisotopic (exact) mass is 536 g/mol. The van der Waals surface area contributed by atoms with E-state index in [1.165, 1.54) is 0 Å². The van der Waals surface area contributed by atoms with E-state index < -0.39 is 0 Å². The van der Waals surface area contributed by atoms with Gasteiger partial charge in [0.15, 0.2) is 0 Å². The van der Waals surface area contributed by atoms with Crippen molar-refractivity contribution in [1.82, 2.24) is 20.4 Å². The van der Waals surface area contributed by atoms with E-state index in [9.17, 15) is 0 Å². The fourth-order valence-corrected chi connectivity index (χ4v) is 3.26. The molecule has 0 saturated carbocycles. The molecule has 0 saturated heterocycles. The van der Waals surface area contributed by atoms with Crippen molar-refractivity contribution in [3.63, 3.8) is 0 Å². The third-order valence-corrected chi connectivity index (χ3v) is 5.07. The van der Waals surface area contributed by atoms with E-state index in [4.69, 9.17) is 39.6 Å². The first-order chi connectivity index (χ1) is 16.8. The molecule has 0 aliphatic heterocycles. The molecule has 0 unspecified atom stereocenters. The number of allylic oxidation sites excluding steroid dienone is 1. The average Bonchev–Trinajstić information content (AvgIpc) is 3.15. The standard InChI is InChI=1S/C17H13Cl3N2.C6H11N.C2H5NO.C2H6/c1-10-11(2)21-22(16-8-7-14(19)9-15(16)20)17(10)12-3-5-13(18)6-4-12;1-3-5-7-6-4-2;1-3-2-4;1-2/h3-9H,1-2H3;3-4,6-7H,1,5H2,2H3;2H,1H3,(H,3,4);1-2H3/b;6-4-;;. The molecule has 1 amide bonds. The minimum atomic E-state index is 0.560. The Morgan fingerprint density at radius 1 is 1.03 bits per heavy atom. The molecule has 1 aromatic heterocycles. The van der Waals surface area contributed by atoms with Gasteiger partial charge in [-0.2, -0.15) is 5.10 Å². The van der Waals surface area contributed by atoms with Crippen molar-refractivity contribution in [3.8, 4) is 16.9 Å². The number of nitrogens with one attached hydrogen (secondary N) is 2. The molecule has 5 nitrogen and oxygen atoms in total. The summed E-state index contributed by atoms with van der Waals surface area (Å²) >= 11 is 18.3. The molecule has 2 N–H and O–H groups in total. The van der Waals surface area contributed by atoms with Gasteiger partial charge in [0.1, 0.15) is 0 Å². The molecule has 8 heteroatoms. The van der Waals surface area contributed by atoms with Crippen LogP contribution in [-0.2, 0) is 4.79 Å². The van der Waals surface area contributed by atoms with Crippen LogP contribution < -0.4 is 10.6 Å². The SMILES string of the molecule is C=CCN/C=C\C.CC.CNC=O.Cc1nn(-c2ccc(Cl)cc2Cl)c(-c2ccc(Cl)cc2)c1C. The molecule has 0 aliphatic carbocycles. The number of halogens is 3. The number of rotatable bonds is 6.